The molecule has 17 heavy (non-hydrogen) atoms. The van der Waals surface area contributed by atoms with E-state index in [1.54, 1.807) is 4.90 Å². The topological polar surface area (TPSA) is 58.6 Å². The highest BCUT2D eigenvalue weighted by Gasteiger charge is 2.28. The second-order valence-electron chi connectivity index (χ2n) is 3.82. The first-order valence-corrected chi connectivity index (χ1v) is 5.42. The van der Waals surface area contributed by atoms with E-state index in [2.05, 4.69) is 5.32 Å². The summed E-state index contributed by atoms with van der Waals surface area (Å²) in [5.74, 6) is -0.112. The molecule has 0 bridgehead atoms. The van der Waals surface area contributed by atoms with Crippen molar-refractivity contribution in [2.75, 3.05) is 13.2 Å². The van der Waals surface area contributed by atoms with Crippen LogP contribution in [0.5, 0.6) is 0 Å². The maximum absolute atomic E-state index is 11.7. The van der Waals surface area contributed by atoms with E-state index in [4.69, 9.17) is 4.74 Å². The predicted molar refractivity (Wildman–Crippen MR) is 60.8 cm³/mol. The Labute approximate surface area is 99.4 Å². The van der Waals surface area contributed by atoms with Gasteiger partial charge in [-0.1, -0.05) is 30.3 Å². The molecule has 1 aromatic carbocycles. The van der Waals surface area contributed by atoms with Gasteiger partial charge in [-0.25, -0.2) is 0 Å². The summed E-state index contributed by atoms with van der Waals surface area (Å²) >= 11 is 0. The Bertz CT molecular complexity index is 394. The van der Waals surface area contributed by atoms with Gasteiger partial charge in [0.05, 0.1) is 6.61 Å². The molecule has 0 aliphatic carbocycles. The highest BCUT2D eigenvalue weighted by Crippen LogP contribution is 2.11. The first-order chi connectivity index (χ1) is 8.31. The molecule has 1 aliphatic heterocycles. The van der Waals surface area contributed by atoms with Gasteiger partial charge in [-0.15, -0.1) is 0 Å². The van der Waals surface area contributed by atoms with E-state index in [9.17, 15) is 9.59 Å². The van der Waals surface area contributed by atoms with Crippen LogP contribution in [0.3, 0.4) is 0 Å². The van der Waals surface area contributed by atoms with Crippen molar-refractivity contribution in [1.29, 1.82) is 0 Å². The van der Waals surface area contributed by atoms with Crippen molar-refractivity contribution in [3.05, 3.63) is 35.9 Å². The molecule has 1 aromatic rings. The molecule has 1 atom stereocenters. The number of hydrogen-bond acceptors (Lipinski definition) is 3. The molecule has 90 valence electrons. The highest BCUT2D eigenvalue weighted by atomic mass is 16.5. The number of hydrogen-bond donors (Lipinski definition) is 1. The Balaban J connectivity index is 2.09. The van der Waals surface area contributed by atoms with Gasteiger partial charge in [0, 0.05) is 6.54 Å². The fraction of sp³-hybridized carbons (Fsp3) is 0.333. The average molecular weight is 234 g/mol. The van der Waals surface area contributed by atoms with Crippen LogP contribution in [0.2, 0.25) is 0 Å². The second kappa shape index (κ2) is 5.45. The first kappa shape index (κ1) is 11.6. The molecule has 1 aliphatic rings. The van der Waals surface area contributed by atoms with Gasteiger partial charge in [-0.3, -0.25) is 9.59 Å². The van der Waals surface area contributed by atoms with Crippen LogP contribution < -0.4 is 5.32 Å². The Morgan fingerprint density at radius 3 is 2.88 bits per heavy atom. The van der Waals surface area contributed by atoms with Gasteiger partial charge in [0.25, 0.3) is 5.91 Å². The molecule has 1 fully saturated rings. The van der Waals surface area contributed by atoms with Gasteiger partial charge in [0.2, 0.25) is 6.41 Å². The zero-order valence-electron chi connectivity index (χ0n) is 9.33. The SMILES string of the molecule is O=CNC1COCC(=O)N1Cc1ccccc1. The second-order valence-corrected chi connectivity index (χ2v) is 3.82. The molecule has 1 N–H and O–H groups in total. The minimum absolute atomic E-state index is 0.0733. The van der Waals surface area contributed by atoms with E-state index in [-0.39, 0.29) is 18.7 Å². The van der Waals surface area contributed by atoms with Gasteiger partial charge in [-0.2, -0.15) is 0 Å². The minimum atomic E-state index is -0.381. The molecule has 1 saturated heterocycles. The minimum Gasteiger partial charge on any atom is -0.368 e. The van der Waals surface area contributed by atoms with Gasteiger partial charge >= 0.3 is 0 Å². The summed E-state index contributed by atoms with van der Waals surface area (Å²) in [6, 6.07) is 9.65. The molecule has 0 radical (unpaired) electrons. The van der Waals surface area contributed by atoms with Crippen LogP contribution in [0.15, 0.2) is 30.3 Å². The molecule has 1 heterocycles. The number of benzene rings is 1. The van der Waals surface area contributed by atoms with Crippen LogP contribution in [-0.2, 0) is 20.9 Å². The number of rotatable bonds is 4. The summed E-state index contributed by atoms with van der Waals surface area (Å²) < 4.78 is 5.10. The lowest BCUT2D eigenvalue weighted by atomic mass is 10.2. The van der Waals surface area contributed by atoms with Crippen LogP contribution in [0, 0.1) is 0 Å². The van der Waals surface area contributed by atoms with E-state index in [1.165, 1.54) is 0 Å². The number of morpholine rings is 1. The number of amides is 2. The molecular formula is C12H14N2O3. The Morgan fingerprint density at radius 1 is 1.41 bits per heavy atom. The third kappa shape index (κ3) is 2.82. The predicted octanol–water partition coefficient (Wildman–Crippen LogP) is 0.117. The Morgan fingerprint density at radius 2 is 2.18 bits per heavy atom. The van der Waals surface area contributed by atoms with Crippen molar-refractivity contribution in [1.82, 2.24) is 10.2 Å². The molecule has 0 aromatic heterocycles. The molecular weight excluding hydrogens is 220 g/mol. The third-order valence-electron chi connectivity index (χ3n) is 2.65. The van der Waals surface area contributed by atoms with Crippen LogP contribution in [0.4, 0.5) is 0 Å². The number of ether oxygens (including phenoxy) is 1. The van der Waals surface area contributed by atoms with Crippen molar-refractivity contribution in [2.45, 2.75) is 12.7 Å². The summed E-state index contributed by atoms with van der Waals surface area (Å²) in [5.41, 5.74) is 1.03. The largest absolute Gasteiger partial charge is 0.368 e. The van der Waals surface area contributed by atoms with Crippen molar-refractivity contribution in [3.8, 4) is 0 Å². The summed E-state index contributed by atoms with van der Waals surface area (Å²) in [5, 5.41) is 2.58. The monoisotopic (exact) mass is 234 g/mol. The Hall–Kier alpha value is -1.88. The zero-order chi connectivity index (χ0) is 12.1. The summed E-state index contributed by atoms with van der Waals surface area (Å²) in [4.78, 5) is 23.8. The number of nitrogens with one attached hydrogen (secondary N) is 1. The lowest BCUT2D eigenvalue weighted by Crippen LogP contribution is -2.55. The highest BCUT2D eigenvalue weighted by molar-refractivity contribution is 5.78. The molecule has 0 saturated carbocycles. The van der Waals surface area contributed by atoms with Crippen LogP contribution in [0.25, 0.3) is 0 Å². The normalized spacial score (nSPS) is 20.1. The van der Waals surface area contributed by atoms with Crippen molar-refractivity contribution >= 4 is 12.3 Å². The van der Waals surface area contributed by atoms with E-state index in [1.807, 2.05) is 30.3 Å². The first-order valence-electron chi connectivity index (χ1n) is 5.42. The lowest BCUT2D eigenvalue weighted by molar-refractivity contribution is -0.151. The molecule has 5 heteroatoms. The molecule has 2 rings (SSSR count). The molecule has 5 nitrogen and oxygen atoms in total. The third-order valence-corrected chi connectivity index (χ3v) is 2.65. The molecule has 2 amide bonds. The fourth-order valence-electron chi connectivity index (χ4n) is 1.80. The summed E-state index contributed by atoms with van der Waals surface area (Å²) in [6.07, 6.45) is 0.207. The van der Waals surface area contributed by atoms with Crippen molar-refractivity contribution in [2.24, 2.45) is 0 Å². The molecule has 0 spiro atoms. The standard InChI is InChI=1S/C12H14N2O3/c15-9-13-11-7-17-8-12(16)14(11)6-10-4-2-1-3-5-10/h1-5,9,11H,6-8H2,(H,13,15). The lowest BCUT2D eigenvalue weighted by Gasteiger charge is -2.34. The van der Waals surface area contributed by atoms with Gasteiger partial charge in [0.15, 0.2) is 0 Å². The zero-order valence-corrected chi connectivity index (χ0v) is 9.33. The number of carbonyl (C=O) groups is 2. The van der Waals surface area contributed by atoms with Crippen molar-refractivity contribution < 1.29 is 14.3 Å². The summed E-state index contributed by atoms with van der Waals surface area (Å²) in [7, 11) is 0. The fourth-order valence-corrected chi connectivity index (χ4v) is 1.80. The molecule has 1 unspecified atom stereocenters. The van der Waals surface area contributed by atoms with E-state index < -0.39 is 0 Å². The maximum Gasteiger partial charge on any atom is 0.250 e. The van der Waals surface area contributed by atoms with E-state index in [0.717, 1.165) is 5.56 Å². The smallest absolute Gasteiger partial charge is 0.250 e. The number of nitrogens with zero attached hydrogens (tertiary/aromatic N) is 1. The van der Waals surface area contributed by atoms with Crippen LogP contribution >= 0.6 is 0 Å². The van der Waals surface area contributed by atoms with Crippen LogP contribution in [0.1, 0.15) is 5.56 Å². The van der Waals surface area contributed by atoms with E-state index >= 15 is 0 Å². The van der Waals surface area contributed by atoms with E-state index in [0.29, 0.717) is 19.6 Å². The van der Waals surface area contributed by atoms with Gasteiger partial charge in [-0.05, 0) is 5.56 Å². The van der Waals surface area contributed by atoms with Gasteiger partial charge in [0.1, 0.15) is 12.8 Å². The van der Waals surface area contributed by atoms with Gasteiger partial charge < -0.3 is 15.0 Å². The van der Waals surface area contributed by atoms with Crippen molar-refractivity contribution in [3.63, 3.8) is 0 Å². The van der Waals surface area contributed by atoms with Crippen LogP contribution in [-0.4, -0.2) is 36.6 Å². The Kier molecular flexibility index (Phi) is 3.72. The maximum atomic E-state index is 11.7. The number of carbonyl (C=O) groups excluding carboxylic acids is 2. The quantitative estimate of drug-likeness (QED) is 0.753. The average Bonchev–Trinajstić information content (AvgIpc) is 2.35. The summed E-state index contributed by atoms with van der Waals surface area (Å²) in [6.45, 7) is 0.885.